The third kappa shape index (κ3) is 2.66. The van der Waals surface area contributed by atoms with E-state index in [-0.39, 0.29) is 11.8 Å². The highest BCUT2D eigenvalue weighted by atomic mass is 16.5. The predicted molar refractivity (Wildman–Crippen MR) is 80.6 cm³/mol. The molecule has 2 aromatic heterocycles. The minimum Gasteiger partial charge on any atom is -0.459 e. The Morgan fingerprint density at radius 2 is 2.36 bits per heavy atom. The molecule has 0 bridgehead atoms. The fraction of sp³-hybridized carbons (Fsp3) is 0.500. The van der Waals surface area contributed by atoms with Gasteiger partial charge >= 0.3 is 0 Å². The number of furan rings is 1. The van der Waals surface area contributed by atoms with Gasteiger partial charge in [0.25, 0.3) is 5.91 Å². The van der Waals surface area contributed by atoms with E-state index in [9.17, 15) is 4.79 Å². The van der Waals surface area contributed by atoms with Crippen LogP contribution in [0.1, 0.15) is 41.6 Å². The van der Waals surface area contributed by atoms with Crippen LogP contribution in [-0.2, 0) is 17.8 Å². The van der Waals surface area contributed by atoms with E-state index in [0.29, 0.717) is 32.1 Å². The molecule has 22 heavy (non-hydrogen) atoms. The first-order valence-electron chi connectivity index (χ1n) is 7.69. The molecule has 0 fully saturated rings. The molecule has 0 spiro atoms. The lowest BCUT2D eigenvalue weighted by Gasteiger charge is -2.32. The van der Waals surface area contributed by atoms with Gasteiger partial charge in [0.2, 0.25) is 0 Å². The monoisotopic (exact) mass is 303 g/mol. The van der Waals surface area contributed by atoms with Gasteiger partial charge in [0.05, 0.1) is 24.8 Å². The quantitative estimate of drug-likeness (QED) is 0.850. The van der Waals surface area contributed by atoms with Crippen molar-refractivity contribution < 1.29 is 13.9 Å². The van der Waals surface area contributed by atoms with E-state index >= 15 is 0 Å². The number of amides is 1. The fourth-order valence-electron chi connectivity index (χ4n) is 3.01. The Morgan fingerprint density at radius 1 is 1.50 bits per heavy atom. The number of carbonyl (C=O) groups excluding carboxylic acids is 1. The van der Waals surface area contributed by atoms with Gasteiger partial charge in [0.15, 0.2) is 5.76 Å². The summed E-state index contributed by atoms with van der Waals surface area (Å²) in [6.45, 7) is 7.33. The first kappa shape index (κ1) is 14.8. The Hall–Kier alpha value is -2.08. The summed E-state index contributed by atoms with van der Waals surface area (Å²) in [5.74, 6) is 0.438. The number of fused-ring (bicyclic) bond motifs is 1. The van der Waals surface area contributed by atoms with Crippen LogP contribution < -0.4 is 0 Å². The first-order valence-corrected chi connectivity index (χ1v) is 7.69. The Bertz CT molecular complexity index is 633. The van der Waals surface area contributed by atoms with Gasteiger partial charge in [-0.05, 0) is 26.0 Å². The Kier molecular flexibility index (Phi) is 4.29. The fourth-order valence-corrected chi connectivity index (χ4v) is 3.01. The van der Waals surface area contributed by atoms with E-state index in [0.717, 1.165) is 12.1 Å². The van der Waals surface area contributed by atoms with Crippen molar-refractivity contribution in [1.82, 2.24) is 14.7 Å². The van der Waals surface area contributed by atoms with Gasteiger partial charge in [-0.15, -0.1) is 0 Å². The number of aromatic nitrogens is 2. The summed E-state index contributed by atoms with van der Waals surface area (Å²) in [5.41, 5.74) is 2.29. The molecule has 1 aliphatic heterocycles. The number of nitrogens with zero attached hydrogens (tertiary/aromatic N) is 3. The predicted octanol–water partition coefficient (Wildman–Crippen LogP) is 2.27. The van der Waals surface area contributed by atoms with Crippen LogP contribution in [-0.4, -0.2) is 40.3 Å². The summed E-state index contributed by atoms with van der Waals surface area (Å²) in [6.07, 6.45) is 3.38. The van der Waals surface area contributed by atoms with Gasteiger partial charge in [0.1, 0.15) is 0 Å². The molecule has 1 atom stereocenters. The van der Waals surface area contributed by atoms with Crippen LogP contribution in [0.4, 0.5) is 0 Å². The maximum absolute atomic E-state index is 12.5. The van der Waals surface area contributed by atoms with Crippen molar-refractivity contribution in [2.45, 2.75) is 32.9 Å². The normalized spacial score (nSPS) is 17.5. The van der Waals surface area contributed by atoms with Gasteiger partial charge in [0, 0.05) is 37.7 Å². The molecule has 118 valence electrons. The first-order chi connectivity index (χ1) is 10.7. The maximum Gasteiger partial charge on any atom is 0.289 e. The zero-order valence-corrected chi connectivity index (χ0v) is 13.0. The van der Waals surface area contributed by atoms with Crippen molar-refractivity contribution in [3.8, 4) is 0 Å². The van der Waals surface area contributed by atoms with Gasteiger partial charge in [-0.3, -0.25) is 9.48 Å². The van der Waals surface area contributed by atoms with Gasteiger partial charge in [-0.2, -0.15) is 5.10 Å². The summed E-state index contributed by atoms with van der Waals surface area (Å²) >= 11 is 0. The van der Waals surface area contributed by atoms with E-state index in [1.807, 2.05) is 22.7 Å². The third-order valence-corrected chi connectivity index (χ3v) is 3.99. The topological polar surface area (TPSA) is 60.5 Å². The van der Waals surface area contributed by atoms with Crippen LogP contribution in [0.5, 0.6) is 0 Å². The molecular weight excluding hydrogens is 282 g/mol. The largest absolute Gasteiger partial charge is 0.459 e. The zero-order chi connectivity index (χ0) is 15.5. The number of aryl methyl sites for hydroxylation is 1. The van der Waals surface area contributed by atoms with E-state index < -0.39 is 0 Å². The van der Waals surface area contributed by atoms with Gasteiger partial charge < -0.3 is 14.1 Å². The van der Waals surface area contributed by atoms with Crippen LogP contribution >= 0.6 is 0 Å². The van der Waals surface area contributed by atoms with Crippen LogP contribution in [0.25, 0.3) is 0 Å². The number of rotatable bonds is 5. The lowest BCUT2D eigenvalue weighted by atomic mass is 9.96. The molecule has 0 saturated heterocycles. The average Bonchev–Trinajstić information content (AvgIpc) is 3.20. The summed E-state index contributed by atoms with van der Waals surface area (Å²) in [6, 6.07) is 3.43. The molecule has 6 nitrogen and oxygen atoms in total. The molecule has 0 aromatic carbocycles. The maximum atomic E-state index is 12.5. The summed E-state index contributed by atoms with van der Waals surface area (Å²) in [4.78, 5) is 14.3. The number of hydrogen-bond acceptors (Lipinski definition) is 4. The number of hydrogen-bond donors (Lipinski definition) is 0. The van der Waals surface area contributed by atoms with E-state index in [2.05, 4.69) is 12.0 Å². The minimum atomic E-state index is -0.0820. The highest BCUT2D eigenvalue weighted by Gasteiger charge is 2.32. The molecule has 0 N–H and O–H groups in total. The van der Waals surface area contributed by atoms with E-state index in [1.54, 1.807) is 12.1 Å². The molecule has 0 saturated carbocycles. The van der Waals surface area contributed by atoms with Crippen molar-refractivity contribution in [1.29, 1.82) is 0 Å². The minimum absolute atomic E-state index is 0.0820. The van der Waals surface area contributed by atoms with Crippen LogP contribution in [0.15, 0.2) is 29.0 Å². The third-order valence-electron chi connectivity index (χ3n) is 3.99. The molecule has 2 aromatic rings. The second-order valence-electron chi connectivity index (χ2n) is 5.39. The molecular formula is C16H21N3O3. The lowest BCUT2D eigenvalue weighted by molar-refractivity contribution is 0.0618. The Balaban J connectivity index is 1.86. The van der Waals surface area contributed by atoms with Gasteiger partial charge in [-0.1, -0.05) is 0 Å². The highest BCUT2D eigenvalue weighted by Crippen LogP contribution is 2.29. The molecule has 0 unspecified atom stereocenters. The Morgan fingerprint density at radius 3 is 3.05 bits per heavy atom. The molecule has 3 rings (SSSR count). The second-order valence-corrected chi connectivity index (χ2v) is 5.39. The molecule has 3 heterocycles. The summed E-state index contributed by atoms with van der Waals surface area (Å²) in [5, 5.41) is 4.43. The van der Waals surface area contributed by atoms with Crippen molar-refractivity contribution in [3.63, 3.8) is 0 Å². The standard InChI is InChI=1S/C16H21N3O3/c1-3-19-15-12(8-17-19)9-18(10-13(15)11-21-4-2)16(20)14-6-5-7-22-14/h5-8,13H,3-4,9-11H2,1-2H3/t13-/m1/s1. The van der Waals surface area contributed by atoms with Crippen molar-refractivity contribution in [2.75, 3.05) is 19.8 Å². The molecule has 0 aliphatic carbocycles. The van der Waals surface area contributed by atoms with Crippen LogP contribution in [0, 0.1) is 0 Å². The Labute approximate surface area is 129 Å². The zero-order valence-electron chi connectivity index (χ0n) is 13.0. The summed E-state index contributed by atoms with van der Waals surface area (Å²) in [7, 11) is 0. The second kappa shape index (κ2) is 6.36. The van der Waals surface area contributed by atoms with Crippen molar-refractivity contribution in [3.05, 3.63) is 41.6 Å². The smallest absolute Gasteiger partial charge is 0.289 e. The van der Waals surface area contributed by atoms with E-state index in [1.165, 1.54) is 12.0 Å². The van der Waals surface area contributed by atoms with Crippen LogP contribution in [0.3, 0.4) is 0 Å². The molecule has 6 heteroatoms. The lowest BCUT2D eigenvalue weighted by Crippen LogP contribution is -2.40. The highest BCUT2D eigenvalue weighted by molar-refractivity contribution is 5.91. The summed E-state index contributed by atoms with van der Waals surface area (Å²) < 4.78 is 12.9. The number of ether oxygens (including phenoxy) is 1. The molecule has 1 amide bonds. The molecule has 1 aliphatic rings. The van der Waals surface area contributed by atoms with Gasteiger partial charge in [-0.25, -0.2) is 0 Å². The SMILES string of the molecule is CCOC[C@H]1CN(C(=O)c2ccco2)Cc2cnn(CC)c21. The average molecular weight is 303 g/mol. The van der Waals surface area contributed by atoms with Crippen molar-refractivity contribution >= 4 is 5.91 Å². The van der Waals surface area contributed by atoms with Crippen molar-refractivity contribution in [2.24, 2.45) is 0 Å². The molecule has 0 radical (unpaired) electrons. The van der Waals surface area contributed by atoms with Crippen LogP contribution in [0.2, 0.25) is 0 Å². The van der Waals surface area contributed by atoms with E-state index in [4.69, 9.17) is 9.15 Å². The number of carbonyl (C=O) groups is 1.